The standard InChI is InChI=1S/C9H9N5O3/c1-4-5(9(16)17-2)12-13-8-6(7(10)15)11-3-14(4)8/h3,13H,1H2,2H3,(H2,10,15). The van der Waals surface area contributed by atoms with Crippen LogP contribution in [0, 0.1) is 0 Å². The monoisotopic (exact) mass is 235 g/mol. The van der Waals surface area contributed by atoms with Gasteiger partial charge < -0.3 is 10.5 Å². The molecule has 1 aromatic rings. The maximum absolute atomic E-state index is 11.3. The third-order valence-electron chi connectivity index (χ3n) is 2.22. The number of imidazole rings is 1. The van der Waals surface area contributed by atoms with Crippen LogP contribution in [0.3, 0.4) is 0 Å². The number of primary amides is 1. The molecule has 17 heavy (non-hydrogen) atoms. The molecule has 2 rings (SSSR count). The van der Waals surface area contributed by atoms with Crippen LogP contribution in [-0.2, 0) is 9.53 Å². The Balaban J connectivity index is 2.44. The Hall–Kier alpha value is -2.64. The second kappa shape index (κ2) is 3.74. The van der Waals surface area contributed by atoms with Gasteiger partial charge in [-0.2, -0.15) is 5.10 Å². The number of esters is 1. The van der Waals surface area contributed by atoms with Gasteiger partial charge in [-0.3, -0.25) is 14.8 Å². The number of hydrazone groups is 1. The quantitative estimate of drug-likeness (QED) is 0.665. The zero-order valence-electron chi connectivity index (χ0n) is 8.93. The van der Waals surface area contributed by atoms with Gasteiger partial charge in [-0.1, -0.05) is 6.58 Å². The molecule has 1 amide bonds. The number of aromatic nitrogens is 2. The van der Waals surface area contributed by atoms with Crippen molar-refractivity contribution in [3.05, 3.63) is 18.6 Å². The third kappa shape index (κ3) is 1.55. The van der Waals surface area contributed by atoms with Crippen molar-refractivity contribution in [2.75, 3.05) is 12.5 Å². The Bertz CT molecular complexity index is 557. The first-order valence-electron chi connectivity index (χ1n) is 4.55. The second-order valence-electron chi connectivity index (χ2n) is 3.19. The van der Waals surface area contributed by atoms with Crippen molar-refractivity contribution in [2.24, 2.45) is 10.8 Å². The van der Waals surface area contributed by atoms with Crippen LogP contribution >= 0.6 is 0 Å². The van der Waals surface area contributed by atoms with Crippen LogP contribution in [0.15, 0.2) is 18.0 Å². The summed E-state index contributed by atoms with van der Waals surface area (Å²) in [5.41, 5.74) is 7.93. The molecule has 1 aliphatic heterocycles. The smallest absolute Gasteiger partial charge is 0.360 e. The predicted octanol–water partition coefficient (Wildman–Crippen LogP) is -0.593. The molecule has 0 aliphatic carbocycles. The average Bonchev–Trinajstić information content (AvgIpc) is 2.73. The van der Waals surface area contributed by atoms with E-state index in [1.807, 2.05) is 0 Å². The van der Waals surface area contributed by atoms with Gasteiger partial charge in [-0.05, 0) is 0 Å². The molecule has 0 saturated heterocycles. The minimum atomic E-state index is -0.698. The Morgan fingerprint density at radius 2 is 2.29 bits per heavy atom. The summed E-state index contributed by atoms with van der Waals surface area (Å²) in [5, 5.41) is 3.76. The average molecular weight is 235 g/mol. The molecule has 2 heterocycles. The van der Waals surface area contributed by atoms with Crippen LogP contribution < -0.4 is 11.2 Å². The molecule has 0 bridgehead atoms. The van der Waals surface area contributed by atoms with Crippen molar-refractivity contribution >= 4 is 29.1 Å². The highest BCUT2D eigenvalue weighted by molar-refractivity contribution is 6.52. The number of ether oxygens (including phenoxy) is 1. The van der Waals surface area contributed by atoms with E-state index in [1.165, 1.54) is 18.0 Å². The van der Waals surface area contributed by atoms with Gasteiger partial charge in [0.15, 0.2) is 17.2 Å². The van der Waals surface area contributed by atoms with Gasteiger partial charge in [-0.15, -0.1) is 0 Å². The number of fused-ring (bicyclic) bond motifs is 1. The molecular weight excluding hydrogens is 226 g/mol. The lowest BCUT2D eigenvalue weighted by atomic mass is 10.2. The van der Waals surface area contributed by atoms with Crippen LogP contribution in [0.2, 0.25) is 0 Å². The Labute approximate surface area is 95.8 Å². The van der Waals surface area contributed by atoms with Gasteiger partial charge in [0, 0.05) is 0 Å². The Morgan fingerprint density at radius 3 is 2.88 bits per heavy atom. The Kier molecular flexibility index (Phi) is 2.39. The molecule has 8 nitrogen and oxygen atoms in total. The number of amides is 1. The van der Waals surface area contributed by atoms with Gasteiger partial charge in [0.2, 0.25) is 0 Å². The summed E-state index contributed by atoms with van der Waals surface area (Å²) in [6, 6.07) is 0. The van der Waals surface area contributed by atoms with E-state index in [-0.39, 0.29) is 22.9 Å². The summed E-state index contributed by atoms with van der Waals surface area (Å²) in [6.07, 6.45) is 1.32. The van der Waals surface area contributed by atoms with E-state index in [2.05, 4.69) is 26.8 Å². The molecule has 1 aliphatic rings. The number of carbonyl (C=O) groups is 2. The van der Waals surface area contributed by atoms with E-state index in [0.717, 1.165) is 0 Å². The summed E-state index contributed by atoms with van der Waals surface area (Å²) in [4.78, 5) is 26.2. The van der Waals surface area contributed by atoms with E-state index in [1.54, 1.807) is 0 Å². The molecule has 3 N–H and O–H groups in total. The number of anilines is 1. The molecule has 0 unspecified atom stereocenters. The van der Waals surface area contributed by atoms with E-state index in [0.29, 0.717) is 0 Å². The van der Waals surface area contributed by atoms with Crippen LogP contribution in [0.1, 0.15) is 10.5 Å². The van der Waals surface area contributed by atoms with Crippen LogP contribution in [-0.4, -0.2) is 34.2 Å². The molecule has 0 saturated carbocycles. The topological polar surface area (TPSA) is 112 Å². The highest BCUT2D eigenvalue weighted by atomic mass is 16.5. The molecular formula is C9H9N5O3. The van der Waals surface area contributed by atoms with Crippen molar-refractivity contribution in [1.29, 1.82) is 0 Å². The molecule has 0 radical (unpaired) electrons. The summed E-state index contributed by atoms with van der Waals surface area (Å²) < 4.78 is 5.94. The number of nitrogens with zero attached hydrogens (tertiary/aromatic N) is 3. The normalized spacial score (nSPS) is 13.5. The fourth-order valence-corrected chi connectivity index (χ4v) is 1.39. The molecule has 0 fully saturated rings. The largest absolute Gasteiger partial charge is 0.464 e. The van der Waals surface area contributed by atoms with Gasteiger partial charge in [0.25, 0.3) is 5.91 Å². The summed E-state index contributed by atoms with van der Waals surface area (Å²) in [6.45, 7) is 3.68. The van der Waals surface area contributed by atoms with Gasteiger partial charge in [0.05, 0.1) is 12.8 Å². The zero-order chi connectivity index (χ0) is 12.6. The fourth-order valence-electron chi connectivity index (χ4n) is 1.39. The number of methoxy groups -OCH3 is 1. The van der Waals surface area contributed by atoms with Crippen molar-refractivity contribution < 1.29 is 14.3 Å². The molecule has 0 atom stereocenters. The second-order valence-corrected chi connectivity index (χ2v) is 3.19. The van der Waals surface area contributed by atoms with Crippen molar-refractivity contribution in [3.63, 3.8) is 0 Å². The van der Waals surface area contributed by atoms with E-state index >= 15 is 0 Å². The first kappa shape index (κ1) is 10.9. The van der Waals surface area contributed by atoms with Gasteiger partial charge in [-0.25, -0.2) is 9.78 Å². The highest BCUT2D eigenvalue weighted by Crippen LogP contribution is 2.23. The summed E-state index contributed by atoms with van der Waals surface area (Å²) in [7, 11) is 1.23. The minimum absolute atomic E-state index is 0.00780. The lowest BCUT2D eigenvalue weighted by Gasteiger charge is -2.17. The highest BCUT2D eigenvalue weighted by Gasteiger charge is 2.26. The Morgan fingerprint density at radius 1 is 1.59 bits per heavy atom. The summed E-state index contributed by atoms with van der Waals surface area (Å²) in [5.74, 6) is -1.06. The van der Waals surface area contributed by atoms with Crippen molar-refractivity contribution in [1.82, 2.24) is 9.55 Å². The summed E-state index contributed by atoms with van der Waals surface area (Å²) >= 11 is 0. The van der Waals surface area contributed by atoms with Crippen molar-refractivity contribution in [2.45, 2.75) is 0 Å². The molecule has 0 spiro atoms. The predicted molar refractivity (Wildman–Crippen MR) is 59.1 cm³/mol. The SMILES string of the molecule is C=C1C(C(=O)OC)=NNc2c(C(N)=O)ncn21. The first-order chi connectivity index (χ1) is 8.06. The zero-order valence-corrected chi connectivity index (χ0v) is 8.93. The fraction of sp³-hybridized carbons (Fsp3) is 0.111. The maximum atomic E-state index is 11.3. The minimum Gasteiger partial charge on any atom is -0.464 e. The number of carbonyl (C=O) groups excluding carboxylic acids is 2. The van der Waals surface area contributed by atoms with Crippen molar-refractivity contribution in [3.8, 4) is 0 Å². The van der Waals surface area contributed by atoms with E-state index in [4.69, 9.17) is 5.73 Å². The third-order valence-corrected chi connectivity index (χ3v) is 2.22. The molecule has 1 aromatic heterocycles. The lowest BCUT2D eigenvalue weighted by molar-refractivity contribution is -0.132. The van der Waals surface area contributed by atoms with E-state index < -0.39 is 11.9 Å². The van der Waals surface area contributed by atoms with Crippen LogP contribution in [0.25, 0.3) is 5.70 Å². The first-order valence-corrected chi connectivity index (χ1v) is 4.55. The van der Waals surface area contributed by atoms with Gasteiger partial charge >= 0.3 is 5.97 Å². The maximum Gasteiger partial charge on any atom is 0.360 e. The molecule has 0 aromatic carbocycles. The number of rotatable bonds is 2. The number of nitrogens with one attached hydrogen (secondary N) is 1. The van der Waals surface area contributed by atoms with Crippen LogP contribution in [0.5, 0.6) is 0 Å². The van der Waals surface area contributed by atoms with E-state index in [9.17, 15) is 9.59 Å². The number of hydrogen-bond acceptors (Lipinski definition) is 6. The van der Waals surface area contributed by atoms with Gasteiger partial charge in [0.1, 0.15) is 6.33 Å². The molecule has 8 heteroatoms. The lowest BCUT2D eigenvalue weighted by Crippen LogP contribution is -2.26. The molecule has 88 valence electrons. The number of hydrogen-bond donors (Lipinski definition) is 2. The van der Waals surface area contributed by atoms with Crippen LogP contribution in [0.4, 0.5) is 5.82 Å². The number of nitrogens with two attached hydrogens (primary N) is 1.